The number of para-hydroxylation sites is 2. The second kappa shape index (κ2) is 4.12. The molecule has 0 radical (unpaired) electrons. The minimum atomic E-state index is -1.30. The predicted octanol–water partition coefficient (Wildman–Crippen LogP) is 0.267. The standard InChI is InChI=1S/C10H9N3O4/c1-17-7-5-3-2-4-6(7)13-10(16)11-8(12-13)9(14)15/h2-5H,1H3,(H,14,15)(H,11,12,16). The molecule has 0 saturated heterocycles. The van der Waals surface area contributed by atoms with Crippen molar-refractivity contribution in [3.63, 3.8) is 0 Å². The van der Waals surface area contributed by atoms with Crippen molar-refractivity contribution >= 4 is 5.97 Å². The Balaban J connectivity index is 2.60. The molecule has 1 aromatic carbocycles. The molecular formula is C10H9N3O4. The number of carboxylic acid groups (broad SMARTS) is 1. The van der Waals surface area contributed by atoms with Crippen LogP contribution >= 0.6 is 0 Å². The average molecular weight is 235 g/mol. The smallest absolute Gasteiger partial charge is 0.373 e. The Bertz CT molecular complexity index is 614. The summed E-state index contributed by atoms with van der Waals surface area (Å²) in [5.74, 6) is -1.28. The largest absolute Gasteiger partial charge is 0.494 e. The van der Waals surface area contributed by atoms with E-state index in [0.29, 0.717) is 11.4 Å². The minimum absolute atomic E-state index is 0.378. The number of nitrogens with one attached hydrogen (secondary N) is 1. The molecule has 0 atom stereocenters. The molecule has 2 N–H and O–H groups in total. The van der Waals surface area contributed by atoms with Gasteiger partial charge in [0.05, 0.1) is 7.11 Å². The number of H-pyrrole nitrogens is 1. The second-order valence-corrected chi connectivity index (χ2v) is 3.17. The van der Waals surface area contributed by atoms with E-state index in [1.807, 2.05) is 0 Å². The maximum Gasteiger partial charge on any atom is 0.373 e. The van der Waals surface area contributed by atoms with Crippen LogP contribution in [0.4, 0.5) is 0 Å². The number of hydrogen-bond acceptors (Lipinski definition) is 4. The van der Waals surface area contributed by atoms with E-state index in [1.165, 1.54) is 7.11 Å². The lowest BCUT2D eigenvalue weighted by atomic mass is 10.3. The van der Waals surface area contributed by atoms with Gasteiger partial charge in [-0.3, -0.25) is 4.98 Å². The number of aromatic nitrogens is 3. The maximum atomic E-state index is 11.5. The van der Waals surface area contributed by atoms with E-state index < -0.39 is 17.5 Å². The number of benzene rings is 1. The Morgan fingerprint density at radius 2 is 2.18 bits per heavy atom. The van der Waals surface area contributed by atoms with Gasteiger partial charge < -0.3 is 9.84 Å². The molecule has 0 spiro atoms. The fraction of sp³-hybridized carbons (Fsp3) is 0.100. The van der Waals surface area contributed by atoms with Gasteiger partial charge in [-0.1, -0.05) is 12.1 Å². The summed E-state index contributed by atoms with van der Waals surface area (Å²) in [6.07, 6.45) is 0. The van der Waals surface area contributed by atoms with Crippen LogP contribution in [0.2, 0.25) is 0 Å². The number of carboxylic acids is 1. The Morgan fingerprint density at radius 1 is 1.47 bits per heavy atom. The van der Waals surface area contributed by atoms with Crippen LogP contribution in [0.5, 0.6) is 5.75 Å². The van der Waals surface area contributed by atoms with Gasteiger partial charge in [-0.2, -0.15) is 4.68 Å². The summed E-state index contributed by atoms with van der Waals surface area (Å²) in [5.41, 5.74) is -0.254. The van der Waals surface area contributed by atoms with Crippen LogP contribution in [-0.2, 0) is 0 Å². The molecule has 0 amide bonds. The third-order valence-electron chi connectivity index (χ3n) is 2.13. The number of hydrogen-bond donors (Lipinski definition) is 2. The molecule has 0 saturated carbocycles. The molecule has 0 bridgehead atoms. The second-order valence-electron chi connectivity index (χ2n) is 3.17. The molecule has 0 fully saturated rings. The van der Waals surface area contributed by atoms with E-state index in [-0.39, 0.29) is 0 Å². The van der Waals surface area contributed by atoms with Crippen LogP contribution in [0.3, 0.4) is 0 Å². The monoisotopic (exact) mass is 235 g/mol. The van der Waals surface area contributed by atoms with Crippen LogP contribution in [0.15, 0.2) is 29.1 Å². The van der Waals surface area contributed by atoms with E-state index in [2.05, 4.69) is 10.1 Å². The highest BCUT2D eigenvalue weighted by Crippen LogP contribution is 2.19. The first-order valence-corrected chi connectivity index (χ1v) is 4.69. The summed E-state index contributed by atoms with van der Waals surface area (Å²) in [5, 5.41) is 12.4. The van der Waals surface area contributed by atoms with Gasteiger partial charge in [0, 0.05) is 0 Å². The summed E-state index contributed by atoms with van der Waals surface area (Å²) in [6.45, 7) is 0. The molecular weight excluding hydrogens is 226 g/mol. The van der Waals surface area contributed by atoms with Crippen LogP contribution in [0, 0.1) is 0 Å². The fourth-order valence-corrected chi connectivity index (χ4v) is 1.39. The van der Waals surface area contributed by atoms with Gasteiger partial charge in [0.2, 0.25) is 5.82 Å². The predicted molar refractivity (Wildman–Crippen MR) is 57.7 cm³/mol. The summed E-state index contributed by atoms with van der Waals surface area (Å²) < 4.78 is 6.01. The first-order valence-electron chi connectivity index (χ1n) is 4.69. The van der Waals surface area contributed by atoms with Crippen molar-refractivity contribution in [3.8, 4) is 11.4 Å². The van der Waals surface area contributed by atoms with Gasteiger partial charge in [0.1, 0.15) is 11.4 Å². The van der Waals surface area contributed by atoms with E-state index in [1.54, 1.807) is 24.3 Å². The Kier molecular flexibility index (Phi) is 2.65. The average Bonchev–Trinajstić information content (AvgIpc) is 2.71. The van der Waals surface area contributed by atoms with E-state index in [0.717, 1.165) is 4.68 Å². The van der Waals surface area contributed by atoms with Crippen molar-refractivity contribution in [3.05, 3.63) is 40.6 Å². The third-order valence-corrected chi connectivity index (χ3v) is 2.13. The van der Waals surface area contributed by atoms with E-state index in [9.17, 15) is 9.59 Å². The molecule has 0 aliphatic carbocycles. The van der Waals surface area contributed by atoms with Gasteiger partial charge in [-0.25, -0.2) is 9.59 Å². The highest BCUT2D eigenvalue weighted by atomic mass is 16.5. The molecule has 17 heavy (non-hydrogen) atoms. The minimum Gasteiger partial charge on any atom is -0.494 e. The van der Waals surface area contributed by atoms with Crippen molar-refractivity contribution in [2.75, 3.05) is 7.11 Å². The fourth-order valence-electron chi connectivity index (χ4n) is 1.39. The van der Waals surface area contributed by atoms with Crippen molar-refractivity contribution in [2.45, 2.75) is 0 Å². The van der Waals surface area contributed by atoms with Crippen molar-refractivity contribution < 1.29 is 14.6 Å². The summed E-state index contributed by atoms with van der Waals surface area (Å²) in [4.78, 5) is 24.3. The van der Waals surface area contributed by atoms with Crippen LogP contribution in [-0.4, -0.2) is 33.0 Å². The number of methoxy groups -OCH3 is 1. The zero-order chi connectivity index (χ0) is 12.4. The molecule has 2 aromatic rings. The number of aromatic amines is 1. The molecule has 1 heterocycles. The molecule has 0 unspecified atom stereocenters. The van der Waals surface area contributed by atoms with Gasteiger partial charge >= 0.3 is 11.7 Å². The Morgan fingerprint density at radius 3 is 2.76 bits per heavy atom. The molecule has 7 heteroatoms. The van der Waals surface area contributed by atoms with Crippen molar-refractivity contribution in [1.29, 1.82) is 0 Å². The zero-order valence-corrected chi connectivity index (χ0v) is 8.88. The van der Waals surface area contributed by atoms with Gasteiger partial charge in [-0.05, 0) is 12.1 Å². The number of rotatable bonds is 3. The Hall–Kier alpha value is -2.57. The quantitative estimate of drug-likeness (QED) is 0.795. The van der Waals surface area contributed by atoms with Crippen LogP contribution in [0.25, 0.3) is 5.69 Å². The number of ether oxygens (including phenoxy) is 1. The summed E-state index contributed by atoms with van der Waals surface area (Å²) in [6, 6.07) is 6.68. The zero-order valence-electron chi connectivity index (χ0n) is 8.88. The molecule has 88 valence electrons. The number of nitrogens with zero attached hydrogens (tertiary/aromatic N) is 2. The topological polar surface area (TPSA) is 97.2 Å². The number of carbonyl (C=O) groups is 1. The van der Waals surface area contributed by atoms with Gasteiger partial charge in [0.15, 0.2) is 0 Å². The lowest BCUT2D eigenvalue weighted by Gasteiger charge is -2.05. The first-order chi connectivity index (χ1) is 8.13. The van der Waals surface area contributed by atoms with Crippen LogP contribution in [0.1, 0.15) is 10.6 Å². The maximum absolute atomic E-state index is 11.5. The van der Waals surface area contributed by atoms with E-state index >= 15 is 0 Å². The lowest BCUT2D eigenvalue weighted by Crippen LogP contribution is -2.16. The molecule has 1 aromatic heterocycles. The van der Waals surface area contributed by atoms with Crippen LogP contribution < -0.4 is 10.4 Å². The first kappa shape index (κ1) is 10.9. The lowest BCUT2D eigenvalue weighted by molar-refractivity contribution is 0.0683. The SMILES string of the molecule is COc1ccccc1-n1nc(C(=O)O)[nH]c1=O. The molecule has 0 aliphatic heterocycles. The summed E-state index contributed by atoms with van der Waals surface area (Å²) >= 11 is 0. The highest BCUT2D eigenvalue weighted by Gasteiger charge is 2.14. The number of aromatic carboxylic acids is 1. The third kappa shape index (κ3) is 1.89. The van der Waals surface area contributed by atoms with Crippen molar-refractivity contribution in [2.24, 2.45) is 0 Å². The van der Waals surface area contributed by atoms with Gasteiger partial charge in [-0.15, -0.1) is 5.10 Å². The van der Waals surface area contributed by atoms with Crippen molar-refractivity contribution in [1.82, 2.24) is 14.8 Å². The molecule has 0 aliphatic rings. The van der Waals surface area contributed by atoms with Gasteiger partial charge in [0.25, 0.3) is 0 Å². The highest BCUT2D eigenvalue weighted by molar-refractivity contribution is 5.82. The summed E-state index contributed by atoms with van der Waals surface area (Å²) in [7, 11) is 1.45. The molecule has 2 rings (SSSR count). The molecule has 7 nitrogen and oxygen atoms in total. The normalized spacial score (nSPS) is 10.2. The Labute approximate surface area is 95.3 Å². The van der Waals surface area contributed by atoms with E-state index in [4.69, 9.17) is 9.84 Å².